The molecule has 0 aliphatic rings. The zero-order valence-electron chi connectivity index (χ0n) is 13.6. The lowest BCUT2D eigenvalue weighted by molar-refractivity contribution is -0.138. The van der Waals surface area contributed by atoms with Crippen molar-refractivity contribution in [2.45, 2.75) is 33.2 Å². The minimum atomic E-state index is -1.05. The summed E-state index contributed by atoms with van der Waals surface area (Å²) in [6.45, 7) is 5.28. The molecule has 1 aromatic heterocycles. The number of rotatable bonds is 6. The van der Waals surface area contributed by atoms with E-state index in [1.54, 1.807) is 26.0 Å². The van der Waals surface area contributed by atoms with Gasteiger partial charge >= 0.3 is 5.97 Å². The highest BCUT2D eigenvalue weighted by Crippen LogP contribution is 2.24. The number of carbonyl (C=O) groups is 2. The summed E-state index contributed by atoms with van der Waals surface area (Å²) >= 11 is 0. The molecular formula is C18H21NO4. The number of carboxylic acids is 1. The maximum absolute atomic E-state index is 12.4. The number of carboxylic acid groups (broad SMARTS) is 1. The molecule has 0 unspecified atom stereocenters. The molecule has 5 heteroatoms. The summed E-state index contributed by atoms with van der Waals surface area (Å²) in [6, 6.07) is 11.0. The molecule has 1 aromatic carbocycles. The molecule has 0 saturated carbocycles. The van der Waals surface area contributed by atoms with E-state index >= 15 is 0 Å². The van der Waals surface area contributed by atoms with Crippen LogP contribution in [0.5, 0.6) is 0 Å². The third-order valence-electron chi connectivity index (χ3n) is 3.65. The summed E-state index contributed by atoms with van der Waals surface area (Å²) in [6.07, 6.45) is 0.959. The van der Waals surface area contributed by atoms with Gasteiger partial charge in [0.05, 0.1) is 0 Å². The van der Waals surface area contributed by atoms with Crippen molar-refractivity contribution < 1.29 is 19.1 Å². The van der Waals surface area contributed by atoms with Gasteiger partial charge in [0.1, 0.15) is 12.3 Å². The number of carbonyl (C=O) groups excluding carboxylic acids is 1. The lowest BCUT2D eigenvalue weighted by Crippen LogP contribution is -2.40. The molecule has 2 rings (SSSR count). The van der Waals surface area contributed by atoms with Gasteiger partial charge in [0.25, 0.3) is 5.91 Å². The van der Waals surface area contributed by atoms with Crippen LogP contribution in [0.15, 0.2) is 40.8 Å². The molecule has 0 saturated heterocycles. The summed E-state index contributed by atoms with van der Waals surface area (Å²) in [5.74, 6) is -0.725. The highest BCUT2D eigenvalue weighted by molar-refractivity contribution is 5.94. The Morgan fingerprint density at radius 2 is 1.78 bits per heavy atom. The van der Waals surface area contributed by atoms with Gasteiger partial charge in [0.2, 0.25) is 0 Å². The summed E-state index contributed by atoms with van der Waals surface area (Å²) < 4.78 is 5.63. The molecule has 5 nitrogen and oxygen atoms in total. The monoisotopic (exact) mass is 315 g/mol. The first-order chi connectivity index (χ1) is 10.9. The smallest absolute Gasteiger partial charge is 0.323 e. The van der Waals surface area contributed by atoms with E-state index in [2.05, 4.69) is 6.92 Å². The fourth-order valence-corrected chi connectivity index (χ4v) is 2.29. The first-order valence-electron chi connectivity index (χ1n) is 7.64. The van der Waals surface area contributed by atoms with Crippen LogP contribution < -0.4 is 0 Å². The van der Waals surface area contributed by atoms with Crippen molar-refractivity contribution in [1.82, 2.24) is 4.90 Å². The fraction of sp³-hybridized carbons (Fsp3) is 0.333. The maximum atomic E-state index is 12.4. The van der Waals surface area contributed by atoms with Crippen LogP contribution in [0, 0.1) is 0 Å². The van der Waals surface area contributed by atoms with E-state index in [0.717, 1.165) is 12.0 Å². The van der Waals surface area contributed by atoms with Crippen LogP contribution in [0.25, 0.3) is 11.3 Å². The van der Waals surface area contributed by atoms with Gasteiger partial charge in [-0.25, -0.2) is 0 Å². The molecule has 0 spiro atoms. The molecule has 0 atom stereocenters. The molecule has 0 fully saturated rings. The summed E-state index contributed by atoms with van der Waals surface area (Å²) in [5.41, 5.74) is 2.11. The fourth-order valence-electron chi connectivity index (χ4n) is 2.29. The van der Waals surface area contributed by atoms with Crippen LogP contribution in [0.3, 0.4) is 0 Å². The van der Waals surface area contributed by atoms with E-state index in [9.17, 15) is 9.59 Å². The van der Waals surface area contributed by atoms with Crippen molar-refractivity contribution in [1.29, 1.82) is 0 Å². The largest absolute Gasteiger partial charge is 0.480 e. The lowest BCUT2D eigenvalue weighted by Gasteiger charge is -2.23. The van der Waals surface area contributed by atoms with Crippen molar-refractivity contribution in [3.8, 4) is 11.3 Å². The van der Waals surface area contributed by atoms with Gasteiger partial charge < -0.3 is 14.4 Å². The lowest BCUT2D eigenvalue weighted by atomic mass is 10.1. The van der Waals surface area contributed by atoms with Gasteiger partial charge in [-0.1, -0.05) is 31.2 Å². The van der Waals surface area contributed by atoms with Gasteiger partial charge in [-0.2, -0.15) is 0 Å². The van der Waals surface area contributed by atoms with Crippen LogP contribution in [-0.4, -0.2) is 34.5 Å². The summed E-state index contributed by atoms with van der Waals surface area (Å²) in [7, 11) is 0. The Labute approximate surface area is 135 Å². The van der Waals surface area contributed by atoms with E-state index in [1.165, 1.54) is 10.5 Å². The molecule has 122 valence electrons. The Balaban J connectivity index is 2.22. The van der Waals surface area contributed by atoms with E-state index in [1.807, 2.05) is 24.3 Å². The Kier molecular flexibility index (Phi) is 5.21. The van der Waals surface area contributed by atoms with Crippen LogP contribution in [0.1, 0.15) is 36.9 Å². The number of nitrogens with zero attached hydrogens (tertiary/aromatic N) is 1. The normalized spacial score (nSPS) is 10.8. The first kappa shape index (κ1) is 16.8. The van der Waals surface area contributed by atoms with Gasteiger partial charge in [-0.3, -0.25) is 9.59 Å². The third kappa shape index (κ3) is 4.00. The average molecular weight is 315 g/mol. The number of aliphatic carboxylic acids is 1. The van der Waals surface area contributed by atoms with Crippen LogP contribution >= 0.6 is 0 Å². The second-order valence-electron chi connectivity index (χ2n) is 5.63. The molecule has 1 amide bonds. The number of aryl methyl sites for hydroxylation is 1. The van der Waals surface area contributed by atoms with Crippen LogP contribution in [-0.2, 0) is 11.2 Å². The second-order valence-corrected chi connectivity index (χ2v) is 5.63. The Hall–Kier alpha value is -2.56. The highest BCUT2D eigenvalue weighted by Gasteiger charge is 2.24. The van der Waals surface area contributed by atoms with Crippen molar-refractivity contribution in [3.63, 3.8) is 0 Å². The van der Waals surface area contributed by atoms with E-state index < -0.39 is 11.9 Å². The van der Waals surface area contributed by atoms with Crippen molar-refractivity contribution in [2.75, 3.05) is 6.54 Å². The third-order valence-corrected chi connectivity index (χ3v) is 3.65. The first-order valence-corrected chi connectivity index (χ1v) is 7.64. The highest BCUT2D eigenvalue weighted by atomic mass is 16.4. The molecule has 0 radical (unpaired) electrons. The summed E-state index contributed by atoms with van der Waals surface area (Å²) in [4.78, 5) is 24.6. The molecular weight excluding hydrogens is 294 g/mol. The molecule has 23 heavy (non-hydrogen) atoms. The molecule has 0 bridgehead atoms. The van der Waals surface area contributed by atoms with Crippen molar-refractivity contribution >= 4 is 11.9 Å². The Bertz CT molecular complexity index is 685. The zero-order chi connectivity index (χ0) is 17.0. The minimum absolute atomic E-state index is 0.148. The number of furan rings is 1. The van der Waals surface area contributed by atoms with E-state index in [-0.39, 0.29) is 18.3 Å². The number of hydrogen-bond donors (Lipinski definition) is 1. The predicted octanol–water partition coefficient (Wildman–Crippen LogP) is 3.44. The molecule has 0 aliphatic carbocycles. The Morgan fingerprint density at radius 1 is 1.13 bits per heavy atom. The van der Waals surface area contributed by atoms with Crippen LogP contribution in [0.2, 0.25) is 0 Å². The van der Waals surface area contributed by atoms with E-state index in [4.69, 9.17) is 9.52 Å². The Morgan fingerprint density at radius 3 is 2.30 bits per heavy atom. The van der Waals surface area contributed by atoms with Gasteiger partial charge in [-0.05, 0) is 38.0 Å². The molecule has 1 heterocycles. The van der Waals surface area contributed by atoms with Crippen molar-refractivity contribution in [3.05, 3.63) is 47.7 Å². The predicted molar refractivity (Wildman–Crippen MR) is 87.3 cm³/mol. The number of benzene rings is 1. The van der Waals surface area contributed by atoms with Gasteiger partial charge in [0.15, 0.2) is 5.76 Å². The number of hydrogen-bond acceptors (Lipinski definition) is 3. The quantitative estimate of drug-likeness (QED) is 0.886. The van der Waals surface area contributed by atoms with E-state index in [0.29, 0.717) is 5.76 Å². The summed E-state index contributed by atoms with van der Waals surface area (Å²) in [5, 5.41) is 8.94. The standard InChI is InChI=1S/C18H21NO4/c1-4-13-5-7-14(8-6-13)15-9-10-16(23-15)18(22)19(12(2)3)11-17(20)21/h5-10,12H,4,11H2,1-3H3,(H,20,21). The van der Waals surface area contributed by atoms with Crippen LogP contribution in [0.4, 0.5) is 0 Å². The molecule has 1 N–H and O–H groups in total. The molecule has 2 aromatic rings. The zero-order valence-corrected chi connectivity index (χ0v) is 13.6. The van der Waals surface area contributed by atoms with Gasteiger partial charge in [-0.15, -0.1) is 0 Å². The maximum Gasteiger partial charge on any atom is 0.323 e. The SMILES string of the molecule is CCc1ccc(-c2ccc(C(=O)N(CC(=O)O)C(C)C)o2)cc1. The molecule has 0 aliphatic heterocycles. The van der Waals surface area contributed by atoms with Crippen molar-refractivity contribution in [2.24, 2.45) is 0 Å². The second kappa shape index (κ2) is 7.13. The number of amides is 1. The van der Waals surface area contributed by atoms with Gasteiger partial charge in [0, 0.05) is 11.6 Å². The topological polar surface area (TPSA) is 70.8 Å². The average Bonchev–Trinajstić information content (AvgIpc) is 3.01. The minimum Gasteiger partial charge on any atom is -0.480 e.